The number of rotatable bonds is 5. The van der Waals surface area contributed by atoms with Crippen LogP contribution in [0.25, 0.3) is 0 Å². The topological polar surface area (TPSA) is 87.7 Å². The highest BCUT2D eigenvalue weighted by molar-refractivity contribution is 9.10. The molecule has 1 aromatic carbocycles. The maximum absolute atomic E-state index is 12.9. The summed E-state index contributed by atoms with van der Waals surface area (Å²) in [4.78, 5) is 38.7. The summed E-state index contributed by atoms with van der Waals surface area (Å²) >= 11 is 3.35. The van der Waals surface area contributed by atoms with Gasteiger partial charge in [-0.1, -0.05) is 29.3 Å². The SMILES string of the molecule is CCC1CCC2(CC1)NC(=O)N(CC(=O)Nc1cc(Br)ccc1OC)C2=O. The minimum atomic E-state index is -0.837. The van der Waals surface area contributed by atoms with Crippen LogP contribution in [0.1, 0.15) is 39.0 Å². The van der Waals surface area contributed by atoms with Gasteiger partial charge in [-0.25, -0.2) is 4.79 Å². The van der Waals surface area contributed by atoms with Crippen molar-refractivity contribution in [2.45, 2.75) is 44.6 Å². The van der Waals surface area contributed by atoms with Gasteiger partial charge in [-0.15, -0.1) is 0 Å². The number of nitrogens with zero attached hydrogens (tertiary/aromatic N) is 1. The van der Waals surface area contributed by atoms with Crippen LogP contribution in [-0.2, 0) is 9.59 Å². The molecule has 0 atom stereocenters. The number of hydrogen-bond acceptors (Lipinski definition) is 4. The molecule has 27 heavy (non-hydrogen) atoms. The first-order valence-corrected chi connectivity index (χ1v) is 9.95. The zero-order chi connectivity index (χ0) is 19.6. The van der Waals surface area contributed by atoms with Crippen LogP contribution in [0.4, 0.5) is 10.5 Å². The van der Waals surface area contributed by atoms with Crippen LogP contribution in [0.3, 0.4) is 0 Å². The second kappa shape index (κ2) is 7.88. The van der Waals surface area contributed by atoms with E-state index in [0.717, 1.165) is 28.6 Å². The Morgan fingerprint density at radius 2 is 2.07 bits per heavy atom. The lowest BCUT2D eigenvalue weighted by Gasteiger charge is -2.34. The van der Waals surface area contributed by atoms with Gasteiger partial charge in [0.1, 0.15) is 17.8 Å². The molecule has 3 rings (SSSR count). The van der Waals surface area contributed by atoms with E-state index in [9.17, 15) is 14.4 Å². The van der Waals surface area contributed by atoms with Crippen molar-refractivity contribution < 1.29 is 19.1 Å². The van der Waals surface area contributed by atoms with Crippen molar-refractivity contribution in [1.82, 2.24) is 10.2 Å². The monoisotopic (exact) mass is 437 g/mol. The van der Waals surface area contributed by atoms with Crippen LogP contribution in [0, 0.1) is 5.92 Å². The molecule has 1 aromatic rings. The molecular weight excluding hydrogens is 414 g/mol. The lowest BCUT2D eigenvalue weighted by molar-refractivity contribution is -0.135. The molecular formula is C19H24BrN3O4. The second-order valence-corrected chi connectivity index (χ2v) is 8.06. The highest BCUT2D eigenvalue weighted by Gasteiger charge is 2.52. The van der Waals surface area contributed by atoms with E-state index in [0.29, 0.717) is 30.2 Å². The summed E-state index contributed by atoms with van der Waals surface area (Å²) in [7, 11) is 1.51. The zero-order valence-electron chi connectivity index (χ0n) is 15.5. The Bertz CT molecular complexity index is 759. The van der Waals surface area contributed by atoms with Gasteiger partial charge in [0.05, 0.1) is 12.8 Å². The van der Waals surface area contributed by atoms with Crippen molar-refractivity contribution >= 4 is 39.5 Å². The molecule has 1 saturated carbocycles. The lowest BCUT2D eigenvalue weighted by Crippen LogP contribution is -2.49. The molecule has 1 spiro atoms. The quantitative estimate of drug-likeness (QED) is 0.691. The van der Waals surface area contributed by atoms with E-state index < -0.39 is 17.5 Å². The van der Waals surface area contributed by atoms with Gasteiger partial charge in [-0.3, -0.25) is 14.5 Å². The van der Waals surface area contributed by atoms with Crippen molar-refractivity contribution in [3.8, 4) is 5.75 Å². The predicted octanol–water partition coefficient (Wildman–Crippen LogP) is 3.29. The fourth-order valence-corrected chi connectivity index (χ4v) is 4.21. The molecule has 4 amide bonds. The van der Waals surface area contributed by atoms with E-state index in [2.05, 4.69) is 33.5 Å². The third kappa shape index (κ3) is 3.95. The van der Waals surface area contributed by atoms with Crippen LogP contribution in [0.2, 0.25) is 0 Å². The molecule has 146 valence electrons. The first-order chi connectivity index (χ1) is 12.9. The van der Waals surface area contributed by atoms with Gasteiger partial charge >= 0.3 is 6.03 Å². The number of carbonyl (C=O) groups excluding carboxylic acids is 3. The minimum absolute atomic E-state index is 0.293. The Morgan fingerprint density at radius 3 is 2.70 bits per heavy atom. The molecule has 2 fully saturated rings. The number of methoxy groups -OCH3 is 1. The number of imide groups is 1. The Hall–Kier alpha value is -2.09. The van der Waals surface area contributed by atoms with Crippen LogP contribution in [0.15, 0.2) is 22.7 Å². The Labute approximate surface area is 166 Å². The van der Waals surface area contributed by atoms with Crippen LogP contribution >= 0.6 is 15.9 Å². The Kier molecular flexibility index (Phi) is 5.74. The van der Waals surface area contributed by atoms with Crippen LogP contribution in [0.5, 0.6) is 5.75 Å². The largest absolute Gasteiger partial charge is 0.495 e. The maximum atomic E-state index is 12.9. The zero-order valence-corrected chi connectivity index (χ0v) is 17.1. The number of anilines is 1. The van der Waals surface area contributed by atoms with Gasteiger partial charge in [0.2, 0.25) is 5.91 Å². The predicted molar refractivity (Wildman–Crippen MR) is 105 cm³/mol. The summed E-state index contributed by atoms with van der Waals surface area (Å²) < 4.78 is 6.01. The van der Waals surface area contributed by atoms with E-state index in [1.165, 1.54) is 7.11 Å². The van der Waals surface area contributed by atoms with Crippen molar-refractivity contribution in [1.29, 1.82) is 0 Å². The molecule has 7 nitrogen and oxygen atoms in total. The summed E-state index contributed by atoms with van der Waals surface area (Å²) in [6, 6.07) is 4.72. The van der Waals surface area contributed by atoms with Gasteiger partial charge in [0, 0.05) is 4.47 Å². The molecule has 0 bridgehead atoms. The van der Waals surface area contributed by atoms with Gasteiger partial charge in [0.15, 0.2) is 0 Å². The second-order valence-electron chi connectivity index (χ2n) is 7.15. The molecule has 1 aliphatic heterocycles. The number of ether oxygens (including phenoxy) is 1. The number of benzene rings is 1. The molecule has 2 aliphatic rings. The molecule has 1 heterocycles. The van der Waals surface area contributed by atoms with Crippen molar-refractivity contribution in [2.24, 2.45) is 5.92 Å². The highest BCUT2D eigenvalue weighted by Crippen LogP contribution is 2.37. The highest BCUT2D eigenvalue weighted by atomic mass is 79.9. The number of hydrogen-bond donors (Lipinski definition) is 2. The minimum Gasteiger partial charge on any atom is -0.495 e. The van der Waals surface area contributed by atoms with Gasteiger partial charge < -0.3 is 15.4 Å². The number of halogens is 1. The molecule has 1 saturated heterocycles. The molecule has 0 radical (unpaired) electrons. The summed E-state index contributed by atoms with van der Waals surface area (Å²) in [6.07, 6.45) is 4.18. The summed E-state index contributed by atoms with van der Waals surface area (Å²) in [5.41, 5.74) is -0.363. The summed E-state index contributed by atoms with van der Waals surface area (Å²) in [5, 5.41) is 5.55. The summed E-state index contributed by atoms with van der Waals surface area (Å²) in [6.45, 7) is 1.82. The van der Waals surface area contributed by atoms with E-state index in [1.807, 2.05) is 0 Å². The number of nitrogens with one attached hydrogen (secondary N) is 2. The first-order valence-electron chi connectivity index (χ1n) is 9.16. The third-order valence-electron chi connectivity index (χ3n) is 5.52. The Morgan fingerprint density at radius 1 is 1.37 bits per heavy atom. The van der Waals surface area contributed by atoms with Gasteiger partial charge in [-0.2, -0.15) is 0 Å². The fraction of sp³-hybridized carbons (Fsp3) is 0.526. The average Bonchev–Trinajstić information content (AvgIpc) is 2.87. The van der Waals surface area contributed by atoms with E-state index in [4.69, 9.17) is 4.74 Å². The lowest BCUT2D eigenvalue weighted by atomic mass is 9.75. The molecule has 0 unspecified atom stereocenters. The van der Waals surface area contributed by atoms with E-state index in [1.54, 1.807) is 18.2 Å². The molecule has 0 aromatic heterocycles. The smallest absolute Gasteiger partial charge is 0.325 e. The van der Waals surface area contributed by atoms with E-state index >= 15 is 0 Å². The van der Waals surface area contributed by atoms with Crippen LogP contribution in [-0.4, -0.2) is 41.9 Å². The standard InChI is InChI=1S/C19H24BrN3O4/c1-3-12-6-8-19(9-7-12)17(25)23(18(26)22-19)11-16(24)21-14-10-13(20)4-5-15(14)27-2/h4-5,10,12H,3,6-9,11H2,1-2H3,(H,21,24)(H,22,26). The van der Waals surface area contributed by atoms with Crippen molar-refractivity contribution in [3.05, 3.63) is 22.7 Å². The number of carbonyl (C=O) groups is 3. The number of urea groups is 1. The summed E-state index contributed by atoms with van der Waals surface area (Å²) in [5.74, 6) is 0.354. The average molecular weight is 438 g/mol. The fourth-order valence-electron chi connectivity index (χ4n) is 3.85. The van der Waals surface area contributed by atoms with Crippen molar-refractivity contribution in [2.75, 3.05) is 19.0 Å². The van der Waals surface area contributed by atoms with Crippen molar-refractivity contribution in [3.63, 3.8) is 0 Å². The maximum Gasteiger partial charge on any atom is 0.325 e. The van der Waals surface area contributed by atoms with Gasteiger partial charge in [-0.05, 0) is 49.8 Å². The molecule has 2 N–H and O–H groups in total. The van der Waals surface area contributed by atoms with E-state index in [-0.39, 0.29) is 12.5 Å². The normalized spacial score (nSPS) is 24.9. The molecule has 8 heteroatoms. The molecule has 1 aliphatic carbocycles. The van der Waals surface area contributed by atoms with Gasteiger partial charge in [0.25, 0.3) is 5.91 Å². The number of amides is 4. The first kappa shape index (κ1) is 19.7. The van der Waals surface area contributed by atoms with Crippen LogP contribution < -0.4 is 15.4 Å². The third-order valence-corrected chi connectivity index (χ3v) is 6.01. The Balaban J connectivity index is 1.67.